The van der Waals surface area contributed by atoms with Gasteiger partial charge in [0.05, 0.1) is 23.5 Å². The van der Waals surface area contributed by atoms with E-state index in [2.05, 4.69) is 10.3 Å². The minimum atomic E-state index is -0.0316. The number of aryl methyl sites for hydroxylation is 1. The topological polar surface area (TPSA) is 55.1 Å². The van der Waals surface area contributed by atoms with E-state index in [0.29, 0.717) is 16.6 Å². The van der Waals surface area contributed by atoms with E-state index in [1.54, 1.807) is 6.26 Å². The van der Waals surface area contributed by atoms with Crippen molar-refractivity contribution in [1.82, 2.24) is 4.98 Å². The number of anilines is 1. The molecular weight excluding hydrogens is 256 g/mol. The summed E-state index contributed by atoms with van der Waals surface area (Å²) in [6, 6.07) is 3.74. The fraction of sp³-hybridized carbons (Fsp3) is 0.273. The molecule has 0 atom stereocenters. The van der Waals surface area contributed by atoms with Crippen LogP contribution < -0.4 is 5.32 Å². The second kappa shape index (κ2) is 5.88. The number of nitrogens with zero attached hydrogens (tertiary/aromatic N) is 1. The van der Waals surface area contributed by atoms with Crippen molar-refractivity contribution in [3.8, 4) is 0 Å². The molecule has 0 aliphatic heterocycles. The van der Waals surface area contributed by atoms with Crippen LogP contribution in [-0.4, -0.2) is 16.6 Å². The number of amides is 1. The molecule has 4 nitrogen and oxygen atoms in total. The lowest BCUT2D eigenvalue weighted by Gasteiger charge is -2.00. The van der Waals surface area contributed by atoms with Gasteiger partial charge in [-0.25, -0.2) is 4.98 Å². The number of nitrogens with one attached hydrogen (secondary N) is 1. The first-order valence-electron chi connectivity index (χ1n) is 5.06. The van der Waals surface area contributed by atoms with Crippen LogP contribution in [0.3, 0.4) is 0 Å². The molecule has 2 aromatic rings. The predicted octanol–water partition coefficient (Wildman–Crippen LogP) is 2.92. The van der Waals surface area contributed by atoms with Crippen LogP contribution in [0.15, 0.2) is 28.2 Å². The highest BCUT2D eigenvalue weighted by Crippen LogP contribution is 2.16. The Morgan fingerprint density at radius 1 is 1.65 bits per heavy atom. The highest BCUT2D eigenvalue weighted by Gasteiger charge is 2.06. The Kier molecular flexibility index (Phi) is 4.22. The van der Waals surface area contributed by atoms with Gasteiger partial charge in [-0.2, -0.15) is 0 Å². The van der Waals surface area contributed by atoms with Crippen molar-refractivity contribution in [1.29, 1.82) is 0 Å². The molecule has 17 heavy (non-hydrogen) atoms. The third-order valence-corrected chi connectivity index (χ3v) is 3.75. The maximum absolute atomic E-state index is 11.6. The van der Waals surface area contributed by atoms with Gasteiger partial charge in [0, 0.05) is 5.38 Å². The number of hydrogen-bond acceptors (Lipinski definition) is 5. The van der Waals surface area contributed by atoms with Gasteiger partial charge in [0.15, 0.2) is 5.13 Å². The van der Waals surface area contributed by atoms with Crippen molar-refractivity contribution in [3.05, 3.63) is 35.2 Å². The predicted molar refractivity (Wildman–Crippen MR) is 70.4 cm³/mol. The molecule has 2 rings (SSSR count). The Morgan fingerprint density at radius 2 is 2.53 bits per heavy atom. The maximum atomic E-state index is 11.6. The number of carbonyl (C=O) groups is 1. The van der Waals surface area contributed by atoms with Crippen LogP contribution in [0, 0.1) is 6.92 Å². The van der Waals surface area contributed by atoms with E-state index >= 15 is 0 Å². The minimum absolute atomic E-state index is 0.0316. The monoisotopic (exact) mass is 268 g/mol. The molecule has 0 saturated heterocycles. The molecular formula is C11H12N2O2S2. The highest BCUT2D eigenvalue weighted by atomic mass is 32.2. The standard InChI is InChI=1S/C11H12N2O2S2/c1-8-5-17-11(12-8)13-10(14)7-16-6-9-3-2-4-15-9/h2-5H,6-7H2,1H3,(H,12,13,14). The van der Waals surface area contributed by atoms with Crippen LogP contribution in [0.2, 0.25) is 0 Å². The summed E-state index contributed by atoms with van der Waals surface area (Å²) in [4.78, 5) is 15.7. The number of thiazole rings is 1. The number of rotatable bonds is 5. The summed E-state index contributed by atoms with van der Waals surface area (Å²) < 4.78 is 5.17. The number of aromatic nitrogens is 1. The summed E-state index contributed by atoms with van der Waals surface area (Å²) in [5.41, 5.74) is 0.925. The van der Waals surface area contributed by atoms with Gasteiger partial charge in [-0.1, -0.05) is 0 Å². The van der Waals surface area contributed by atoms with Crippen molar-refractivity contribution in [2.75, 3.05) is 11.1 Å². The third-order valence-electron chi connectivity index (χ3n) is 1.92. The Labute approximate surface area is 107 Å². The molecule has 0 aliphatic carbocycles. The molecule has 1 N–H and O–H groups in total. The molecule has 90 valence electrons. The Morgan fingerprint density at radius 3 is 3.18 bits per heavy atom. The van der Waals surface area contributed by atoms with Crippen LogP contribution in [0.1, 0.15) is 11.5 Å². The maximum Gasteiger partial charge on any atom is 0.236 e. The third kappa shape index (κ3) is 3.90. The van der Waals surface area contributed by atoms with E-state index in [9.17, 15) is 4.79 Å². The van der Waals surface area contributed by atoms with Crippen molar-refractivity contribution < 1.29 is 9.21 Å². The van der Waals surface area contributed by atoms with Crippen LogP contribution in [0.5, 0.6) is 0 Å². The second-order valence-electron chi connectivity index (χ2n) is 3.41. The fourth-order valence-electron chi connectivity index (χ4n) is 1.21. The number of hydrogen-bond donors (Lipinski definition) is 1. The molecule has 0 fully saturated rings. The van der Waals surface area contributed by atoms with Crippen molar-refractivity contribution >= 4 is 34.1 Å². The van der Waals surface area contributed by atoms with Gasteiger partial charge >= 0.3 is 0 Å². The van der Waals surface area contributed by atoms with Gasteiger partial charge in [-0.05, 0) is 19.1 Å². The molecule has 0 aliphatic rings. The average molecular weight is 268 g/mol. The molecule has 0 aromatic carbocycles. The Bertz CT molecular complexity index is 479. The van der Waals surface area contributed by atoms with E-state index in [0.717, 1.165) is 11.5 Å². The minimum Gasteiger partial charge on any atom is -0.468 e. The second-order valence-corrected chi connectivity index (χ2v) is 5.26. The summed E-state index contributed by atoms with van der Waals surface area (Å²) in [6.07, 6.45) is 1.63. The molecule has 2 aromatic heterocycles. The zero-order chi connectivity index (χ0) is 12.1. The quantitative estimate of drug-likeness (QED) is 0.906. The SMILES string of the molecule is Cc1csc(NC(=O)CSCc2ccco2)n1. The van der Waals surface area contributed by atoms with Gasteiger partial charge in [0.1, 0.15) is 5.76 Å². The zero-order valence-electron chi connectivity index (χ0n) is 9.30. The van der Waals surface area contributed by atoms with E-state index < -0.39 is 0 Å². The van der Waals surface area contributed by atoms with Crippen LogP contribution in [0.4, 0.5) is 5.13 Å². The van der Waals surface area contributed by atoms with E-state index in [1.165, 1.54) is 23.1 Å². The van der Waals surface area contributed by atoms with E-state index in [-0.39, 0.29) is 5.91 Å². The molecule has 2 heterocycles. The number of thioether (sulfide) groups is 1. The molecule has 0 spiro atoms. The normalized spacial score (nSPS) is 10.4. The zero-order valence-corrected chi connectivity index (χ0v) is 10.9. The first-order valence-corrected chi connectivity index (χ1v) is 7.09. The van der Waals surface area contributed by atoms with Crippen LogP contribution >= 0.6 is 23.1 Å². The Balaban J connectivity index is 1.71. The summed E-state index contributed by atoms with van der Waals surface area (Å²) in [5, 5.41) is 5.33. The van der Waals surface area contributed by atoms with Gasteiger partial charge in [-0.15, -0.1) is 23.1 Å². The van der Waals surface area contributed by atoms with Crippen molar-refractivity contribution in [3.63, 3.8) is 0 Å². The van der Waals surface area contributed by atoms with E-state index in [1.807, 2.05) is 24.4 Å². The van der Waals surface area contributed by atoms with Crippen molar-refractivity contribution in [2.45, 2.75) is 12.7 Å². The van der Waals surface area contributed by atoms with Crippen LogP contribution in [0.25, 0.3) is 0 Å². The molecule has 1 amide bonds. The lowest BCUT2D eigenvalue weighted by molar-refractivity contribution is -0.113. The highest BCUT2D eigenvalue weighted by molar-refractivity contribution is 7.99. The van der Waals surface area contributed by atoms with Crippen LogP contribution in [-0.2, 0) is 10.5 Å². The van der Waals surface area contributed by atoms with Gasteiger partial charge in [0.2, 0.25) is 5.91 Å². The van der Waals surface area contributed by atoms with E-state index in [4.69, 9.17) is 4.42 Å². The fourth-order valence-corrected chi connectivity index (χ4v) is 2.64. The molecule has 6 heteroatoms. The molecule has 0 bridgehead atoms. The first-order chi connectivity index (χ1) is 8.24. The first kappa shape index (κ1) is 12.2. The Hall–Kier alpha value is -1.27. The number of carbonyl (C=O) groups excluding carboxylic acids is 1. The summed E-state index contributed by atoms with van der Waals surface area (Å²) in [7, 11) is 0. The summed E-state index contributed by atoms with van der Waals surface area (Å²) >= 11 is 2.95. The molecule has 0 saturated carbocycles. The average Bonchev–Trinajstić information content (AvgIpc) is 2.90. The summed E-state index contributed by atoms with van der Waals surface area (Å²) in [6.45, 7) is 1.90. The van der Waals surface area contributed by atoms with Gasteiger partial charge in [0.25, 0.3) is 0 Å². The molecule has 0 radical (unpaired) electrons. The lowest BCUT2D eigenvalue weighted by Crippen LogP contribution is -2.13. The number of furan rings is 1. The smallest absolute Gasteiger partial charge is 0.236 e. The van der Waals surface area contributed by atoms with Gasteiger partial charge < -0.3 is 9.73 Å². The largest absolute Gasteiger partial charge is 0.468 e. The molecule has 0 unspecified atom stereocenters. The summed E-state index contributed by atoms with van der Waals surface area (Å²) in [5.74, 6) is 1.96. The lowest BCUT2D eigenvalue weighted by atomic mass is 10.5. The van der Waals surface area contributed by atoms with Gasteiger partial charge in [-0.3, -0.25) is 4.79 Å². The van der Waals surface area contributed by atoms with Crippen molar-refractivity contribution in [2.24, 2.45) is 0 Å².